The van der Waals surface area contributed by atoms with Gasteiger partial charge in [-0.3, -0.25) is 28.8 Å². The van der Waals surface area contributed by atoms with E-state index in [0.717, 1.165) is 128 Å². The molecule has 1 aliphatic rings. The lowest BCUT2D eigenvalue weighted by Gasteiger charge is -2.22. The highest BCUT2D eigenvalue weighted by Gasteiger charge is 2.40. The fraction of sp³-hybridized carbons (Fsp3) is 0.881. The number of ether oxygens (including phenoxy) is 6. The Balaban J connectivity index is 3.19. The molecule has 75 heavy (non-hydrogen) atoms. The van der Waals surface area contributed by atoms with Gasteiger partial charge in [0, 0.05) is 82.5 Å². The second-order valence-electron chi connectivity index (χ2n) is 21.2. The van der Waals surface area contributed by atoms with Gasteiger partial charge in [0.05, 0.1) is 46.0 Å². The van der Waals surface area contributed by atoms with Crippen LogP contribution in [0.15, 0.2) is 0 Å². The summed E-state index contributed by atoms with van der Waals surface area (Å²) >= 11 is 0. The summed E-state index contributed by atoms with van der Waals surface area (Å²) in [5.41, 5.74) is 0. The number of carbonyl (C=O) groups excluding carboxylic acids is 7. The Bertz CT molecular complexity index is 1360. The summed E-state index contributed by atoms with van der Waals surface area (Å²) in [4.78, 5) is 96.1. The summed E-state index contributed by atoms with van der Waals surface area (Å²) in [7, 11) is 1.93. The van der Waals surface area contributed by atoms with Crippen LogP contribution in [0.4, 0.5) is 4.79 Å². The largest absolute Gasteiger partial charge is 0.465 e. The number of aliphatic hydroxyl groups excluding tert-OH is 1. The number of rotatable bonds is 50. The molecule has 0 unspecified atom stereocenters. The van der Waals surface area contributed by atoms with Crippen LogP contribution in [0.5, 0.6) is 0 Å². The van der Waals surface area contributed by atoms with Crippen molar-refractivity contribution in [2.75, 3.05) is 72.9 Å². The van der Waals surface area contributed by atoms with E-state index in [4.69, 9.17) is 28.4 Å². The number of ketones is 1. The number of Topliss-reactive ketones (excluding diaryl/α,β-unsaturated/α-hetero) is 1. The Labute approximate surface area is 453 Å². The van der Waals surface area contributed by atoms with Crippen molar-refractivity contribution in [3.05, 3.63) is 0 Å². The van der Waals surface area contributed by atoms with E-state index >= 15 is 0 Å². The second kappa shape index (κ2) is 47.4. The van der Waals surface area contributed by atoms with E-state index in [1.54, 1.807) is 0 Å². The summed E-state index contributed by atoms with van der Waals surface area (Å²) in [5, 5.41) is 9.18. The van der Waals surface area contributed by atoms with Crippen LogP contribution in [0, 0.1) is 17.8 Å². The van der Waals surface area contributed by atoms with Crippen molar-refractivity contribution in [3.63, 3.8) is 0 Å². The number of nitrogens with zero attached hydrogens (tertiary/aromatic N) is 2. The van der Waals surface area contributed by atoms with Crippen molar-refractivity contribution in [2.24, 2.45) is 17.8 Å². The number of amides is 1. The molecule has 0 spiro atoms. The molecule has 1 saturated heterocycles. The Morgan fingerprint density at radius 3 is 1.24 bits per heavy atom. The van der Waals surface area contributed by atoms with Crippen LogP contribution < -0.4 is 0 Å². The number of carbonyl (C=O) groups is 7. The van der Waals surface area contributed by atoms with Gasteiger partial charge in [0.2, 0.25) is 0 Å². The van der Waals surface area contributed by atoms with Gasteiger partial charge in [0.15, 0.2) is 0 Å². The van der Waals surface area contributed by atoms with Gasteiger partial charge < -0.3 is 43.3 Å². The number of aliphatic hydroxyl groups is 1. The van der Waals surface area contributed by atoms with Gasteiger partial charge in [-0.1, -0.05) is 156 Å². The molecule has 0 saturated carbocycles. The van der Waals surface area contributed by atoms with Crippen LogP contribution >= 0.6 is 0 Å². The predicted molar refractivity (Wildman–Crippen MR) is 292 cm³/mol. The normalized spacial score (nSPS) is 14.4. The van der Waals surface area contributed by atoms with Crippen LogP contribution in [0.2, 0.25) is 0 Å². The fourth-order valence-electron chi connectivity index (χ4n) is 9.17. The van der Waals surface area contributed by atoms with Crippen molar-refractivity contribution in [1.29, 1.82) is 0 Å². The molecule has 0 aromatic rings. The number of hydrogen-bond donors (Lipinski definition) is 1. The Morgan fingerprint density at radius 2 is 0.840 bits per heavy atom. The molecule has 0 aliphatic carbocycles. The van der Waals surface area contributed by atoms with E-state index in [0.29, 0.717) is 51.6 Å². The Morgan fingerprint density at radius 1 is 0.467 bits per heavy atom. The number of hydrogen-bond acceptors (Lipinski definition) is 15. The maximum atomic E-state index is 14.0. The molecule has 16 heteroatoms. The molecule has 2 atom stereocenters. The highest BCUT2D eigenvalue weighted by atomic mass is 16.6. The minimum Gasteiger partial charge on any atom is -0.465 e. The molecule has 1 fully saturated rings. The lowest BCUT2D eigenvalue weighted by atomic mass is 9.94. The molecular formula is C59H106N2O14. The zero-order valence-electron chi connectivity index (χ0n) is 47.9. The van der Waals surface area contributed by atoms with Crippen molar-refractivity contribution in [3.8, 4) is 0 Å². The molecular weight excluding hydrogens is 961 g/mol. The average Bonchev–Trinajstić information content (AvgIpc) is 3.78. The van der Waals surface area contributed by atoms with E-state index in [2.05, 4.69) is 27.7 Å². The predicted octanol–water partition coefficient (Wildman–Crippen LogP) is 11.8. The molecule has 16 nitrogen and oxygen atoms in total. The van der Waals surface area contributed by atoms with E-state index in [9.17, 15) is 38.7 Å². The van der Waals surface area contributed by atoms with Gasteiger partial charge in [-0.05, 0) is 45.6 Å². The highest BCUT2D eigenvalue weighted by molar-refractivity contribution is 5.80. The smallest absolute Gasteiger partial charge is 0.409 e. The van der Waals surface area contributed by atoms with Gasteiger partial charge in [0.1, 0.15) is 11.9 Å². The van der Waals surface area contributed by atoms with Gasteiger partial charge in [-0.2, -0.15) is 0 Å². The highest BCUT2D eigenvalue weighted by Crippen LogP contribution is 2.27. The third-order valence-electron chi connectivity index (χ3n) is 13.8. The first kappa shape index (κ1) is 69.2. The quantitative estimate of drug-likeness (QED) is 0.0342. The van der Waals surface area contributed by atoms with E-state index in [1.165, 1.54) is 4.90 Å². The zero-order valence-corrected chi connectivity index (χ0v) is 47.9. The van der Waals surface area contributed by atoms with Gasteiger partial charge in [-0.25, -0.2) is 4.79 Å². The van der Waals surface area contributed by atoms with E-state index in [-0.39, 0.29) is 127 Å². The van der Waals surface area contributed by atoms with Crippen LogP contribution in [0.3, 0.4) is 0 Å². The van der Waals surface area contributed by atoms with Crippen LogP contribution in [-0.2, 0) is 57.2 Å². The fourth-order valence-corrected chi connectivity index (χ4v) is 9.17. The molecule has 1 N–H and O–H groups in total. The molecule has 0 aromatic carbocycles. The van der Waals surface area contributed by atoms with Crippen molar-refractivity contribution >= 4 is 41.7 Å². The number of esters is 5. The average molecular weight is 1070 g/mol. The standard InChI is InChI=1S/C59H106N2O14/c1-6-10-14-18-22-26-32-54(64)71-45-49(46-72-55(65)33-27-23-19-15-11-7-2)40-52(63)42-51-43-61(59(69)70-39-31-37-60(5)36-30-38-62)44-53(51)75-58(68)41-50(47-73-56(66)34-28-24-20-16-12-8-3)48-74-57(67)35-29-25-21-17-13-9-4/h49-51,53,62H,6-48H2,1-5H3/t51-,53-/m0/s1. The topological polar surface area (TPSA) is 202 Å². The van der Waals surface area contributed by atoms with E-state index < -0.39 is 35.9 Å². The maximum absolute atomic E-state index is 14.0. The molecule has 0 bridgehead atoms. The first-order chi connectivity index (χ1) is 36.3. The third-order valence-corrected chi connectivity index (χ3v) is 13.8. The van der Waals surface area contributed by atoms with Crippen molar-refractivity contribution in [1.82, 2.24) is 9.80 Å². The molecule has 0 aromatic heterocycles. The summed E-state index contributed by atoms with van der Waals surface area (Å²) in [6.07, 6.45) is 24.6. The second-order valence-corrected chi connectivity index (χ2v) is 21.2. The minimum atomic E-state index is -0.895. The summed E-state index contributed by atoms with van der Waals surface area (Å²) in [5.74, 6) is -4.32. The third kappa shape index (κ3) is 39.3. The Kier molecular flexibility index (Phi) is 43.8. The molecule has 1 amide bonds. The molecule has 1 rings (SSSR count). The molecule has 0 radical (unpaired) electrons. The van der Waals surface area contributed by atoms with Gasteiger partial charge >= 0.3 is 35.9 Å². The van der Waals surface area contributed by atoms with Crippen LogP contribution in [0.1, 0.15) is 240 Å². The summed E-state index contributed by atoms with van der Waals surface area (Å²) < 4.78 is 34.3. The number of unbranched alkanes of at least 4 members (excludes halogenated alkanes) is 20. The zero-order chi connectivity index (χ0) is 55.2. The number of likely N-dealkylation sites (tertiary alicyclic amines) is 1. The van der Waals surface area contributed by atoms with Crippen LogP contribution in [0.25, 0.3) is 0 Å². The monoisotopic (exact) mass is 1070 g/mol. The van der Waals surface area contributed by atoms with E-state index in [1.807, 2.05) is 11.9 Å². The molecule has 1 heterocycles. The summed E-state index contributed by atoms with van der Waals surface area (Å²) in [6.45, 7) is 9.73. The molecule has 1 aliphatic heterocycles. The Hall–Kier alpha value is -3.79. The SMILES string of the molecule is CCCCCCCCC(=O)OCC(COC(=O)CCCCCCCC)CC(=O)C[C@H]1CN(C(=O)OCCCN(C)CCCO)C[C@@H]1OC(=O)CC(COC(=O)CCCCCCCC)COC(=O)CCCCCCCC. The van der Waals surface area contributed by atoms with Gasteiger partial charge in [0.25, 0.3) is 0 Å². The maximum Gasteiger partial charge on any atom is 0.409 e. The first-order valence-electron chi connectivity index (χ1n) is 29.9. The van der Waals surface area contributed by atoms with Crippen molar-refractivity contribution < 1.29 is 67.1 Å². The molecule has 436 valence electrons. The lowest BCUT2D eigenvalue weighted by molar-refractivity contribution is -0.158. The minimum absolute atomic E-state index is 0.0282. The van der Waals surface area contributed by atoms with Crippen LogP contribution in [-0.4, -0.2) is 136 Å². The summed E-state index contributed by atoms with van der Waals surface area (Å²) in [6, 6.07) is 0. The van der Waals surface area contributed by atoms with Crippen molar-refractivity contribution in [2.45, 2.75) is 246 Å². The van der Waals surface area contributed by atoms with Gasteiger partial charge in [-0.15, -0.1) is 0 Å². The lowest BCUT2D eigenvalue weighted by Crippen LogP contribution is -2.33. The first-order valence-corrected chi connectivity index (χ1v) is 29.9.